The fourth-order valence-electron chi connectivity index (χ4n) is 3.97. The van der Waals surface area contributed by atoms with Gasteiger partial charge in [0.15, 0.2) is 0 Å². The molecule has 0 radical (unpaired) electrons. The molecular formula is C20H31N3O2. The number of carbonyl (C=O) groups excluding carboxylic acids is 1. The van der Waals surface area contributed by atoms with E-state index in [1.54, 1.807) is 12.4 Å². The Bertz CT molecular complexity index is 543. The number of nitrogens with zero attached hydrogens (tertiary/aromatic N) is 3. The molecule has 0 spiro atoms. The first kappa shape index (κ1) is 18.3. The zero-order valence-electron chi connectivity index (χ0n) is 15.6. The minimum atomic E-state index is 0.0685. The number of rotatable bonds is 6. The Balaban J connectivity index is 1.67. The van der Waals surface area contributed by atoms with Crippen LogP contribution in [0.2, 0.25) is 0 Å². The van der Waals surface area contributed by atoms with E-state index in [0.717, 1.165) is 18.7 Å². The third-order valence-electron chi connectivity index (χ3n) is 5.21. The molecule has 1 atom stereocenters. The predicted octanol–water partition coefficient (Wildman–Crippen LogP) is 2.71. The number of ether oxygens (including phenoxy) is 1. The van der Waals surface area contributed by atoms with E-state index in [-0.39, 0.29) is 12.0 Å². The van der Waals surface area contributed by atoms with E-state index in [0.29, 0.717) is 31.7 Å². The van der Waals surface area contributed by atoms with Gasteiger partial charge >= 0.3 is 0 Å². The van der Waals surface area contributed by atoms with E-state index < -0.39 is 0 Å². The van der Waals surface area contributed by atoms with Gasteiger partial charge in [-0.3, -0.25) is 14.7 Å². The number of aromatic nitrogens is 1. The first-order chi connectivity index (χ1) is 12.1. The number of carbonyl (C=O) groups is 1. The number of amides is 1. The fraction of sp³-hybridized carbons (Fsp3) is 0.700. The average Bonchev–Trinajstić information content (AvgIpc) is 3.08. The van der Waals surface area contributed by atoms with Gasteiger partial charge in [-0.15, -0.1) is 0 Å². The maximum absolute atomic E-state index is 12.8. The molecule has 1 aliphatic carbocycles. The molecule has 0 aromatic carbocycles. The average molecular weight is 345 g/mol. The lowest BCUT2D eigenvalue weighted by Crippen LogP contribution is -2.41. The van der Waals surface area contributed by atoms with Gasteiger partial charge in [-0.2, -0.15) is 0 Å². The van der Waals surface area contributed by atoms with Crippen molar-refractivity contribution >= 4 is 5.91 Å². The van der Waals surface area contributed by atoms with Crippen LogP contribution in [0.3, 0.4) is 0 Å². The summed E-state index contributed by atoms with van der Waals surface area (Å²) in [5.41, 5.74) is 1.13. The van der Waals surface area contributed by atoms with Crippen LogP contribution < -0.4 is 0 Å². The standard InChI is InChI=1S/C20H31N3O2/c1-16(2)11-23-13-19(25-15-17-7-9-21-10-8-17)12-22(14-20(23)24)18-5-3-4-6-18/h7-10,16,18-19H,3-6,11-15H2,1-2H3. The van der Waals surface area contributed by atoms with Crippen molar-refractivity contribution in [2.45, 2.75) is 58.3 Å². The summed E-state index contributed by atoms with van der Waals surface area (Å²) in [7, 11) is 0. The van der Waals surface area contributed by atoms with E-state index in [9.17, 15) is 4.79 Å². The molecule has 138 valence electrons. The summed E-state index contributed by atoms with van der Waals surface area (Å²) in [6.07, 6.45) is 8.67. The Morgan fingerprint density at radius 1 is 1.20 bits per heavy atom. The molecule has 1 aromatic heterocycles. The molecule has 0 N–H and O–H groups in total. The molecule has 1 saturated heterocycles. The van der Waals surface area contributed by atoms with Gasteiger partial charge in [-0.05, 0) is 36.5 Å². The second-order valence-corrected chi connectivity index (χ2v) is 7.85. The first-order valence-corrected chi connectivity index (χ1v) is 9.64. The van der Waals surface area contributed by atoms with Crippen LogP contribution >= 0.6 is 0 Å². The molecule has 1 saturated carbocycles. The van der Waals surface area contributed by atoms with E-state index in [2.05, 4.69) is 23.7 Å². The van der Waals surface area contributed by atoms with Crippen LogP contribution in [0.1, 0.15) is 45.1 Å². The van der Waals surface area contributed by atoms with Crippen LogP contribution in [-0.2, 0) is 16.1 Å². The third-order valence-corrected chi connectivity index (χ3v) is 5.21. The molecule has 1 unspecified atom stereocenters. The topological polar surface area (TPSA) is 45.7 Å². The highest BCUT2D eigenvalue weighted by molar-refractivity contribution is 5.78. The summed E-state index contributed by atoms with van der Waals surface area (Å²) in [6, 6.07) is 4.53. The second kappa shape index (κ2) is 8.77. The van der Waals surface area contributed by atoms with Gasteiger partial charge in [-0.25, -0.2) is 0 Å². The predicted molar refractivity (Wildman–Crippen MR) is 98.1 cm³/mol. The van der Waals surface area contributed by atoms with Gasteiger partial charge in [0.1, 0.15) is 0 Å². The van der Waals surface area contributed by atoms with E-state index in [4.69, 9.17) is 4.74 Å². The molecule has 1 aliphatic heterocycles. The van der Waals surface area contributed by atoms with Crippen molar-refractivity contribution in [2.75, 3.05) is 26.2 Å². The summed E-state index contributed by atoms with van der Waals surface area (Å²) in [4.78, 5) is 21.2. The highest BCUT2D eigenvalue weighted by Gasteiger charge is 2.33. The van der Waals surface area contributed by atoms with E-state index in [1.807, 2.05) is 17.0 Å². The summed E-state index contributed by atoms with van der Waals surface area (Å²) >= 11 is 0. The summed E-state index contributed by atoms with van der Waals surface area (Å²) in [5, 5.41) is 0. The monoisotopic (exact) mass is 345 g/mol. The van der Waals surface area contributed by atoms with Crippen LogP contribution in [0.15, 0.2) is 24.5 Å². The fourth-order valence-corrected chi connectivity index (χ4v) is 3.97. The molecule has 5 nitrogen and oxygen atoms in total. The Kier molecular flexibility index (Phi) is 6.43. The molecule has 2 heterocycles. The highest BCUT2D eigenvalue weighted by Crippen LogP contribution is 2.25. The Labute approximate surface area is 151 Å². The maximum atomic E-state index is 12.8. The van der Waals surface area contributed by atoms with Crippen LogP contribution in [0, 0.1) is 5.92 Å². The zero-order chi connectivity index (χ0) is 17.6. The number of pyridine rings is 1. The lowest BCUT2D eigenvalue weighted by molar-refractivity contribution is -0.132. The molecule has 25 heavy (non-hydrogen) atoms. The van der Waals surface area contributed by atoms with Crippen molar-refractivity contribution < 1.29 is 9.53 Å². The summed E-state index contributed by atoms with van der Waals surface area (Å²) < 4.78 is 6.24. The second-order valence-electron chi connectivity index (χ2n) is 7.85. The van der Waals surface area contributed by atoms with Crippen LogP contribution in [0.4, 0.5) is 0 Å². The van der Waals surface area contributed by atoms with E-state index in [1.165, 1.54) is 25.7 Å². The van der Waals surface area contributed by atoms with Crippen molar-refractivity contribution in [3.05, 3.63) is 30.1 Å². The summed E-state index contributed by atoms with van der Waals surface area (Å²) in [5.74, 6) is 0.735. The van der Waals surface area contributed by atoms with Gasteiger partial charge in [0.25, 0.3) is 0 Å². The SMILES string of the molecule is CC(C)CN1CC(OCc2ccncc2)CN(C2CCCC2)CC1=O. The largest absolute Gasteiger partial charge is 0.370 e. The molecular weight excluding hydrogens is 314 g/mol. The smallest absolute Gasteiger partial charge is 0.236 e. The lowest BCUT2D eigenvalue weighted by Gasteiger charge is -2.28. The molecule has 2 fully saturated rings. The Hall–Kier alpha value is -1.46. The normalized spacial score (nSPS) is 23.4. The molecule has 2 aliphatic rings. The minimum absolute atomic E-state index is 0.0685. The number of hydrogen-bond donors (Lipinski definition) is 0. The van der Waals surface area contributed by atoms with Crippen molar-refractivity contribution in [3.63, 3.8) is 0 Å². The molecule has 5 heteroatoms. The van der Waals surface area contributed by atoms with Crippen LogP contribution in [0.25, 0.3) is 0 Å². The molecule has 3 rings (SSSR count). The van der Waals surface area contributed by atoms with Crippen molar-refractivity contribution in [1.82, 2.24) is 14.8 Å². The van der Waals surface area contributed by atoms with E-state index >= 15 is 0 Å². The Morgan fingerprint density at radius 3 is 2.60 bits per heavy atom. The molecule has 1 aromatic rings. The first-order valence-electron chi connectivity index (χ1n) is 9.64. The van der Waals surface area contributed by atoms with Gasteiger partial charge < -0.3 is 9.64 Å². The van der Waals surface area contributed by atoms with Crippen LogP contribution in [0.5, 0.6) is 0 Å². The van der Waals surface area contributed by atoms with Gasteiger partial charge in [0.05, 0.1) is 19.3 Å². The van der Waals surface area contributed by atoms with Gasteiger partial charge in [-0.1, -0.05) is 26.7 Å². The van der Waals surface area contributed by atoms with Crippen LogP contribution in [-0.4, -0.2) is 59.0 Å². The quantitative estimate of drug-likeness (QED) is 0.795. The van der Waals surface area contributed by atoms with Gasteiger partial charge in [0.2, 0.25) is 5.91 Å². The highest BCUT2D eigenvalue weighted by atomic mass is 16.5. The summed E-state index contributed by atoms with van der Waals surface area (Å²) in [6.45, 7) is 7.83. The maximum Gasteiger partial charge on any atom is 0.236 e. The van der Waals surface area contributed by atoms with Gasteiger partial charge in [0, 0.05) is 38.1 Å². The lowest BCUT2D eigenvalue weighted by atomic mass is 10.2. The number of hydrogen-bond acceptors (Lipinski definition) is 4. The molecule has 1 amide bonds. The molecule has 0 bridgehead atoms. The minimum Gasteiger partial charge on any atom is -0.370 e. The third kappa shape index (κ3) is 5.25. The van der Waals surface area contributed by atoms with Crippen molar-refractivity contribution in [3.8, 4) is 0 Å². The Morgan fingerprint density at radius 2 is 1.92 bits per heavy atom. The van der Waals surface area contributed by atoms with Crippen molar-refractivity contribution in [1.29, 1.82) is 0 Å². The zero-order valence-corrected chi connectivity index (χ0v) is 15.6. The van der Waals surface area contributed by atoms with Crippen molar-refractivity contribution in [2.24, 2.45) is 5.92 Å².